The molecule has 2 aliphatic heterocycles. The smallest absolute Gasteiger partial charge is 0.236 e. The molecule has 2 heterocycles. The number of nitrogens with zero attached hydrogens (tertiary/aromatic N) is 1. The molecular weight excluding hydrogens is 116 g/mol. The van der Waals surface area contributed by atoms with Crippen molar-refractivity contribution in [1.82, 2.24) is 10.2 Å². The summed E-state index contributed by atoms with van der Waals surface area (Å²) in [6, 6.07) is 0.600. The lowest BCUT2D eigenvalue weighted by molar-refractivity contribution is -0.130. The van der Waals surface area contributed by atoms with Gasteiger partial charge in [0.2, 0.25) is 5.91 Å². The first kappa shape index (κ1) is 5.23. The zero-order valence-electron chi connectivity index (χ0n) is 5.26. The summed E-state index contributed by atoms with van der Waals surface area (Å²) >= 11 is 0. The lowest BCUT2D eigenvalue weighted by Crippen LogP contribution is -2.47. The number of rotatable bonds is 0. The molecule has 1 unspecified atom stereocenters. The minimum atomic E-state index is 0.267. The van der Waals surface area contributed by atoms with Crippen molar-refractivity contribution in [2.24, 2.45) is 0 Å². The number of carbonyl (C=O) groups excluding carboxylic acids is 1. The first-order valence-electron chi connectivity index (χ1n) is 3.37. The van der Waals surface area contributed by atoms with Gasteiger partial charge in [-0.1, -0.05) is 0 Å². The van der Waals surface area contributed by atoms with Crippen molar-refractivity contribution in [3.8, 4) is 0 Å². The van der Waals surface area contributed by atoms with Crippen LogP contribution in [-0.4, -0.2) is 36.5 Å². The molecule has 0 radical (unpaired) electrons. The lowest BCUT2D eigenvalue weighted by Gasteiger charge is -2.22. The minimum Gasteiger partial charge on any atom is -0.340 e. The average Bonchev–Trinajstić information content (AvgIpc) is 2.25. The van der Waals surface area contributed by atoms with E-state index in [0.29, 0.717) is 12.6 Å². The summed E-state index contributed by atoms with van der Waals surface area (Å²) in [6.07, 6.45) is 1.14. The van der Waals surface area contributed by atoms with E-state index < -0.39 is 0 Å². The Kier molecular flexibility index (Phi) is 0.990. The number of amides is 1. The Morgan fingerprint density at radius 2 is 2.56 bits per heavy atom. The molecule has 2 fully saturated rings. The first-order valence-corrected chi connectivity index (χ1v) is 3.37. The van der Waals surface area contributed by atoms with Gasteiger partial charge in [-0.3, -0.25) is 4.79 Å². The van der Waals surface area contributed by atoms with E-state index in [9.17, 15) is 4.79 Å². The van der Waals surface area contributed by atoms with E-state index in [1.807, 2.05) is 4.90 Å². The summed E-state index contributed by atoms with van der Waals surface area (Å²) in [5.41, 5.74) is 0. The zero-order chi connectivity index (χ0) is 6.27. The molecule has 3 nitrogen and oxygen atoms in total. The number of hydrogen-bond donors (Lipinski definition) is 1. The van der Waals surface area contributed by atoms with Crippen molar-refractivity contribution < 1.29 is 4.79 Å². The van der Waals surface area contributed by atoms with Crippen LogP contribution in [0.3, 0.4) is 0 Å². The highest BCUT2D eigenvalue weighted by atomic mass is 16.2. The second-order valence-corrected chi connectivity index (χ2v) is 2.71. The molecule has 2 aliphatic rings. The highest BCUT2D eigenvalue weighted by Gasteiger charge is 2.30. The van der Waals surface area contributed by atoms with Gasteiger partial charge in [-0.2, -0.15) is 0 Å². The van der Waals surface area contributed by atoms with Crippen molar-refractivity contribution in [1.29, 1.82) is 0 Å². The Balaban J connectivity index is 2.14. The summed E-state index contributed by atoms with van der Waals surface area (Å²) < 4.78 is 0. The Morgan fingerprint density at radius 1 is 1.67 bits per heavy atom. The van der Waals surface area contributed by atoms with E-state index in [1.54, 1.807) is 0 Å². The number of carbonyl (C=O) groups is 1. The number of hydrogen-bond acceptors (Lipinski definition) is 2. The highest BCUT2D eigenvalue weighted by Crippen LogP contribution is 2.12. The van der Waals surface area contributed by atoms with Crippen LogP contribution in [0.2, 0.25) is 0 Å². The Morgan fingerprint density at radius 3 is 3.33 bits per heavy atom. The van der Waals surface area contributed by atoms with Gasteiger partial charge in [-0.05, 0) is 6.42 Å². The molecule has 3 heteroatoms. The Labute approximate surface area is 54.0 Å². The summed E-state index contributed by atoms with van der Waals surface area (Å²) in [4.78, 5) is 12.8. The van der Waals surface area contributed by atoms with E-state index in [0.717, 1.165) is 19.5 Å². The molecule has 2 bridgehead atoms. The van der Waals surface area contributed by atoms with E-state index in [-0.39, 0.29) is 5.91 Å². The molecule has 1 atom stereocenters. The van der Waals surface area contributed by atoms with Gasteiger partial charge >= 0.3 is 0 Å². The average molecular weight is 126 g/mol. The molecule has 1 amide bonds. The third-order valence-electron chi connectivity index (χ3n) is 2.08. The maximum absolute atomic E-state index is 10.9. The van der Waals surface area contributed by atoms with Crippen LogP contribution in [0.15, 0.2) is 0 Å². The van der Waals surface area contributed by atoms with Crippen LogP contribution >= 0.6 is 0 Å². The molecule has 2 saturated heterocycles. The van der Waals surface area contributed by atoms with Gasteiger partial charge in [0.1, 0.15) is 0 Å². The van der Waals surface area contributed by atoms with Crippen LogP contribution in [0.25, 0.3) is 0 Å². The highest BCUT2D eigenvalue weighted by molar-refractivity contribution is 5.79. The number of nitrogens with one attached hydrogen (secondary N) is 1. The monoisotopic (exact) mass is 126 g/mol. The third kappa shape index (κ3) is 0.721. The normalized spacial score (nSPS) is 33.6. The number of piperazine rings is 1. The summed E-state index contributed by atoms with van der Waals surface area (Å²) in [5, 5.41) is 3.17. The van der Waals surface area contributed by atoms with E-state index in [1.165, 1.54) is 0 Å². The van der Waals surface area contributed by atoms with Gasteiger partial charge in [0, 0.05) is 19.1 Å². The fourth-order valence-corrected chi connectivity index (χ4v) is 1.50. The van der Waals surface area contributed by atoms with E-state index in [4.69, 9.17) is 0 Å². The minimum absolute atomic E-state index is 0.267. The number of fused-ring (bicyclic) bond motifs is 2. The summed E-state index contributed by atoms with van der Waals surface area (Å²) in [6.45, 7) is 2.47. The van der Waals surface area contributed by atoms with Crippen molar-refractivity contribution in [3.63, 3.8) is 0 Å². The summed E-state index contributed by atoms with van der Waals surface area (Å²) in [7, 11) is 0. The van der Waals surface area contributed by atoms with Crippen LogP contribution in [0.1, 0.15) is 6.42 Å². The van der Waals surface area contributed by atoms with E-state index in [2.05, 4.69) is 5.32 Å². The third-order valence-corrected chi connectivity index (χ3v) is 2.08. The maximum Gasteiger partial charge on any atom is 0.236 e. The lowest BCUT2D eigenvalue weighted by atomic mass is 10.2. The van der Waals surface area contributed by atoms with Gasteiger partial charge in [0.25, 0.3) is 0 Å². The molecule has 9 heavy (non-hydrogen) atoms. The Hall–Kier alpha value is -0.570. The molecule has 50 valence electrons. The molecule has 0 aliphatic carbocycles. The topological polar surface area (TPSA) is 32.3 Å². The largest absolute Gasteiger partial charge is 0.340 e. The van der Waals surface area contributed by atoms with Crippen LogP contribution < -0.4 is 5.32 Å². The molecule has 0 spiro atoms. The summed E-state index contributed by atoms with van der Waals surface area (Å²) in [5.74, 6) is 0.267. The van der Waals surface area contributed by atoms with Crippen molar-refractivity contribution >= 4 is 5.91 Å². The van der Waals surface area contributed by atoms with Gasteiger partial charge in [-0.25, -0.2) is 0 Å². The molecule has 0 aromatic carbocycles. The molecule has 0 aromatic rings. The van der Waals surface area contributed by atoms with Crippen LogP contribution in [0.4, 0.5) is 0 Å². The standard InChI is InChI=1S/C6H10N2O/c9-6-3-7-5-1-2-8(6)4-5/h5,7H,1-4H2. The molecule has 1 N–H and O–H groups in total. The molecule has 2 rings (SSSR count). The first-order chi connectivity index (χ1) is 4.36. The fourth-order valence-electron chi connectivity index (χ4n) is 1.50. The second kappa shape index (κ2) is 1.70. The van der Waals surface area contributed by atoms with Gasteiger partial charge in [0.15, 0.2) is 0 Å². The predicted molar refractivity (Wildman–Crippen MR) is 33.0 cm³/mol. The SMILES string of the molecule is O=C1CNC2CCN1C2. The van der Waals surface area contributed by atoms with Crippen LogP contribution in [0.5, 0.6) is 0 Å². The maximum atomic E-state index is 10.9. The molecule has 0 saturated carbocycles. The van der Waals surface area contributed by atoms with Crippen LogP contribution in [0, 0.1) is 0 Å². The van der Waals surface area contributed by atoms with Crippen molar-refractivity contribution in [2.75, 3.05) is 19.6 Å². The second-order valence-electron chi connectivity index (χ2n) is 2.71. The van der Waals surface area contributed by atoms with Gasteiger partial charge in [-0.15, -0.1) is 0 Å². The van der Waals surface area contributed by atoms with Crippen molar-refractivity contribution in [3.05, 3.63) is 0 Å². The Bertz CT molecular complexity index is 146. The van der Waals surface area contributed by atoms with Crippen LogP contribution in [-0.2, 0) is 4.79 Å². The fraction of sp³-hybridized carbons (Fsp3) is 0.833. The van der Waals surface area contributed by atoms with Crippen molar-refractivity contribution in [2.45, 2.75) is 12.5 Å². The molecule has 0 aromatic heterocycles. The van der Waals surface area contributed by atoms with Gasteiger partial charge < -0.3 is 10.2 Å². The van der Waals surface area contributed by atoms with Gasteiger partial charge in [0.05, 0.1) is 6.54 Å². The zero-order valence-corrected chi connectivity index (χ0v) is 5.26. The predicted octanol–water partition coefficient (Wildman–Crippen LogP) is -0.809. The quantitative estimate of drug-likeness (QED) is 0.460. The van der Waals surface area contributed by atoms with E-state index >= 15 is 0 Å². The molecular formula is C6H10N2O.